The highest BCUT2D eigenvalue weighted by molar-refractivity contribution is 5.27. The van der Waals surface area contributed by atoms with Gasteiger partial charge in [0.05, 0.1) is 11.3 Å². The van der Waals surface area contributed by atoms with Crippen LogP contribution in [0.4, 0.5) is 0 Å². The number of hydrogen-bond donors (Lipinski definition) is 3. The summed E-state index contributed by atoms with van der Waals surface area (Å²) in [5.41, 5.74) is 0.947. The summed E-state index contributed by atoms with van der Waals surface area (Å²) in [7, 11) is 0. The molecule has 1 aliphatic rings. The zero-order valence-electron chi connectivity index (χ0n) is 12.5. The van der Waals surface area contributed by atoms with E-state index in [1.165, 1.54) is 6.42 Å². The van der Waals surface area contributed by atoms with Crippen LogP contribution in [0.15, 0.2) is 12.1 Å². The number of aromatic hydroxyl groups is 1. The molecule has 4 heteroatoms. The third-order valence-electron chi connectivity index (χ3n) is 4.45. The van der Waals surface area contributed by atoms with Gasteiger partial charge in [0.25, 0.3) is 0 Å². The lowest BCUT2D eigenvalue weighted by atomic mass is 9.78. The van der Waals surface area contributed by atoms with E-state index in [4.69, 9.17) is 0 Å². The van der Waals surface area contributed by atoms with Crippen molar-refractivity contribution in [2.24, 2.45) is 5.92 Å². The number of rotatable bonds is 5. The molecular weight excluding hydrogens is 252 g/mol. The number of aliphatic hydroxyl groups is 1. The second-order valence-electron chi connectivity index (χ2n) is 6.10. The van der Waals surface area contributed by atoms with E-state index in [1.807, 2.05) is 6.92 Å². The van der Waals surface area contributed by atoms with Crippen molar-refractivity contribution in [3.05, 3.63) is 23.5 Å². The molecule has 0 saturated heterocycles. The van der Waals surface area contributed by atoms with Crippen LogP contribution in [0.3, 0.4) is 0 Å². The van der Waals surface area contributed by atoms with Gasteiger partial charge in [-0.2, -0.15) is 0 Å². The van der Waals surface area contributed by atoms with Gasteiger partial charge in [0.2, 0.25) is 0 Å². The van der Waals surface area contributed by atoms with Crippen LogP contribution in [0.25, 0.3) is 0 Å². The predicted octanol–water partition coefficient (Wildman–Crippen LogP) is 2.52. The number of aromatic nitrogens is 1. The molecule has 0 amide bonds. The van der Waals surface area contributed by atoms with E-state index < -0.39 is 5.60 Å². The highest BCUT2D eigenvalue weighted by Gasteiger charge is 2.32. The fraction of sp³-hybridized carbons (Fsp3) is 0.688. The molecule has 0 radical (unpaired) electrons. The highest BCUT2D eigenvalue weighted by Crippen LogP contribution is 2.33. The standard InChI is InChI=1S/C16H26N2O2/c1-3-13-6-8-16(20,9-7-13)11-17-10-14-15(19)5-4-12(2)18-14/h4-5,13,17,19-20H,3,6-11H2,1-2H3. The maximum Gasteiger partial charge on any atom is 0.138 e. The van der Waals surface area contributed by atoms with Gasteiger partial charge in [-0.1, -0.05) is 13.3 Å². The molecule has 112 valence electrons. The van der Waals surface area contributed by atoms with Crippen molar-refractivity contribution in [1.29, 1.82) is 0 Å². The number of hydrogen-bond acceptors (Lipinski definition) is 4. The molecule has 1 heterocycles. The fourth-order valence-corrected chi connectivity index (χ4v) is 2.95. The van der Waals surface area contributed by atoms with Gasteiger partial charge in [0.1, 0.15) is 5.75 Å². The van der Waals surface area contributed by atoms with E-state index in [-0.39, 0.29) is 5.75 Å². The Morgan fingerprint density at radius 1 is 1.35 bits per heavy atom. The monoisotopic (exact) mass is 278 g/mol. The van der Waals surface area contributed by atoms with E-state index in [9.17, 15) is 10.2 Å². The summed E-state index contributed by atoms with van der Waals surface area (Å²) < 4.78 is 0. The molecule has 0 unspecified atom stereocenters. The molecule has 2 rings (SSSR count). The normalized spacial score (nSPS) is 26.6. The summed E-state index contributed by atoms with van der Waals surface area (Å²) in [4.78, 5) is 4.31. The summed E-state index contributed by atoms with van der Waals surface area (Å²) in [5.74, 6) is 0.988. The number of nitrogens with zero attached hydrogens (tertiary/aromatic N) is 1. The minimum Gasteiger partial charge on any atom is -0.506 e. The Hall–Kier alpha value is -1.13. The van der Waals surface area contributed by atoms with Crippen molar-refractivity contribution in [3.8, 4) is 5.75 Å². The van der Waals surface area contributed by atoms with Gasteiger partial charge in [-0.05, 0) is 50.7 Å². The molecule has 0 aromatic carbocycles. The second kappa shape index (κ2) is 6.55. The smallest absolute Gasteiger partial charge is 0.138 e. The molecule has 1 aromatic heterocycles. The summed E-state index contributed by atoms with van der Waals surface area (Å²) >= 11 is 0. The van der Waals surface area contributed by atoms with E-state index in [1.54, 1.807) is 12.1 Å². The molecule has 20 heavy (non-hydrogen) atoms. The number of nitrogens with one attached hydrogen (secondary N) is 1. The average Bonchev–Trinajstić information content (AvgIpc) is 2.43. The van der Waals surface area contributed by atoms with Crippen LogP contribution in [-0.2, 0) is 6.54 Å². The minimum atomic E-state index is -0.592. The van der Waals surface area contributed by atoms with Crippen LogP contribution < -0.4 is 5.32 Å². The number of aryl methyl sites for hydroxylation is 1. The predicted molar refractivity (Wildman–Crippen MR) is 79.5 cm³/mol. The topological polar surface area (TPSA) is 65.4 Å². The average molecular weight is 278 g/mol. The van der Waals surface area contributed by atoms with E-state index in [0.29, 0.717) is 18.8 Å². The van der Waals surface area contributed by atoms with Crippen LogP contribution in [-0.4, -0.2) is 27.3 Å². The van der Waals surface area contributed by atoms with E-state index >= 15 is 0 Å². The van der Waals surface area contributed by atoms with Gasteiger partial charge in [-0.3, -0.25) is 4.98 Å². The lowest BCUT2D eigenvalue weighted by Crippen LogP contribution is -2.43. The van der Waals surface area contributed by atoms with Crippen molar-refractivity contribution in [2.45, 2.75) is 58.1 Å². The molecular formula is C16H26N2O2. The van der Waals surface area contributed by atoms with Crippen molar-refractivity contribution >= 4 is 0 Å². The SMILES string of the molecule is CCC1CCC(O)(CNCc2nc(C)ccc2O)CC1. The third kappa shape index (κ3) is 3.93. The lowest BCUT2D eigenvalue weighted by molar-refractivity contribution is -0.00889. The van der Waals surface area contributed by atoms with Crippen LogP contribution in [0, 0.1) is 12.8 Å². The fourth-order valence-electron chi connectivity index (χ4n) is 2.95. The van der Waals surface area contributed by atoms with Crippen molar-refractivity contribution in [2.75, 3.05) is 6.54 Å². The Balaban J connectivity index is 1.82. The molecule has 1 aromatic rings. The first kappa shape index (κ1) is 15.3. The van der Waals surface area contributed by atoms with Gasteiger partial charge in [-0.25, -0.2) is 0 Å². The number of pyridine rings is 1. The highest BCUT2D eigenvalue weighted by atomic mass is 16.3. The Bertz CT molecular complexity index is 440. The van der Waals surface area contributed by atoms with E-state index in [2.05, 4.69) is 17.2 Å². The zero-order valence-corrected chi connectivity index (χ0v) is 12.5. The molecule has 1 aliphatic carbocycles. The van der Waals surface area contributed by atoms with Gasteiger partial charge in [0, 0.05) is 18.8 Å². The summed E-state index contributed by atoms with van der Waals surface area (Å²) in [6.07, 6.45) is 5.17. The third-order valence-corrected chi connectivity index (χ3v) is 4.45. The zero-order chi connectivity index (χ0) is 14.6. The summed E-state index contributed by atoms with van der Waals surface area (Å²) in [6.45, 7) is 5.19. The van der Waals surface area contributed by atoms with Crippen LogP contribution >= 0.6 is 0 Å². The first-order valence-corrected chi connectivity index (χ1v) is 7.61. The van der Waals surface area contributed by atoms with E-state index in [0.717, 1.165) is 37.3 Å². The van der Waals surface area contributed by atoms with Crippen LogP contribution in [0.2, 0.25) is 0 Å². The maximum absolute atomic E-state index is 10.5. The Morgan fingerprint density at radius 2 is 2.05 bits per heavy atom. The van der Waals surface area contributed by atoms with Gasteiger partial charge in [0.15, 0.2) is 0 Å². The molecule has 4 nitrogen and oxygen atoms in total. The Kier molecular flexibility index (Phi) is 5.00. The van der Waals surface area contributed by atoms with Crippen molar-refractivity contribution in [1.82, 2.24) is 10.3 Å². The van der Waals surface area contributed by atoms with Gasteiger partial charge < -0.3 is 15.5 Å². The molecule has 1 saturated carbocycles. The molecule has 1 fully saturated rings. The summed E-state index contributed by atoms with van der Waals surface area (Å²) in [6, 6.07) is 3.46. The second-order valence-corrected chi connectivity index (χ2v) is 6.10. The lowest BCUT2D eigenvalue weighted by Gasteiger charge is -2.36. The largest absolute Gasteiger partial charge is 0.506 e. The van der Waals surface area contributed by atoms with Crippen molar-refractivity contribution < 1.29 is 10.2 Å². The van der Waals surface area contributed by atoms with Crippen molar-refractivity contribution in [3.63, 3.8) is 0 Å². The Labute approximate surface area is 121 Å². The molecule has 0 spiro atoms. The molecule has 0 bridgehead atoms. The quantitative estimate of drug-likeness (QED) is 0.774. The first-order valence-electron chi connectivity index (χ1n) is 7.61. The molecule has 0 aliphatic heterocycles. The molecule has 0 atom stereocenters. The molecule has 3 N–H and O–H groups in total. The van der Waals surface area contributed by atoms with Gasteiger partial charge in [-0.15, -0.1) is 0 Å². The van der Waals surface area contributed by atoms with Crippen LogP contribution in [0.1, 0.15) is 50.4 Å². The van der Waals surface area contributed by atoms with Crippen LogP contribution in [0.5, 0.6) is 5.75 Å². The maximum atomic E-state index is 10.5. The first-order chi connectivity index (χ1) is 9.52. The summed E-state index contributed by atoms with van der Waals surface area (Å²) in [5, 5.41) is 23.5. The van der Waals surface area contributed by atoms with Gasteiger partial charge >= 0.3 is 0 Å². The Morgan fingerprint density at radius 3 is 2.70 bits per heavy atom. The minimum absolute atomic E-state index is 0.213.